The molecule has 1 aromatic carbocycles. The molecule has 1 aromatic heterocycles. The van der Waals surface area contributed by atoms with Crippen LogP contribution in [0.4, 0.5) is 0 Å². The van der Waals surface area contributed by atoms with Crippen molar-refractivity contribution in [1.29, 1.82) is 0 Å². The number of amides is 1. The van der Waals surface area contributed by atoms with Crippen LogP contribution >= 0.6 is 11.6 Å². The first kappa shape index (κ1) is 20.2. The number of rotatable bonds is 6. The molecule has 0 radical (unpaired) electrons. The zero-order chi connectivity index (χ0) is 20.2. The Morgan fingerprint density at radius 1 is 1.21 bits per heavy atom. The third-order valence-electron chi connectivity index (χ3n) is 5.55. The van der Waals surface area contributed by atoms with Gasteiger partial charge in [-0.05, 0) is 31.2 Å². The van der Waals surface area contributed by atoms with E-state index in [0.717, 1.165) is 49.6 Å². The first-order valence-electron chi connectivity index (χ1n) is 10.2. The number of benzene rings is 1. The van der Waals surface area contributed by atoms with E-state index in [1.54, 1.807) is 0 Å². The van der Waals surface area contributed by atoms with Gasteiger partial charge >= 0.3 is 0 Å². The highest BCUT2D eigenvalue weighted by Gasteiger charge is 2.29. The Morgan fingerprint density at radius 3 is 2.69 bits per heavy atom. The number of aryl methyl sites for hydroxylation is 1. The molecule has 2 aliphatic heterocycles. The van der Waals surface area contributed by atoms with Crippen LogP contribution in [0.5, 0.6) is 5.75 Å². The van der Waals surface area contributed by atoms with Crippen LogP contribution < -0.4 is 4.74 Å². The molecule has 1 saturated heterocycles. The molecule has 2 aliphatic rings. The molecule has 0 spiro atoms. The average Bonchev–Trinajstić information content (AvgIpc) is 3.14. The van der Waals surface area contributed by atoms with Crippen molar-refractivity contribution in [2.45, 2.75) is 26.5 Å². The van der Waals surface area contributed by atoms with E-state index in [0.29, 0.717) is 43.6 Å². The molecule has 0 aliphatic carbocycles. The number of ether oxygens (including phenoxy) is 2. The van der Waals surface area contributed by atoms with Gasteiger partial charge < -0.3 is 14.4 Å². The topological polar surface area (TPSA) is 59.8 Å². The molecule has 0 atom stereocenters. The van der Waals surface area contributed by atoms with Gasteiger partial charge in [-0.3, -0.25) is 14.4 Å². The summed E-state index contributed by atoms with van der Waals surface area (Å²) in [7, 11) is 0. The Morgan fingerprint density at radius 2 is 1.97 bits per heavy atom. The molecule has 1 amide bonds. The molecule has 3 heterocycles. The summed E-state index contributed by atoms with van der Waals surface area (Å²) < 4.78 is 13.3. The van der Waals surface area contributed by atoms with E-state index in [4.69, 9.17) is 21.1 Å². The monoisotopic (exact) mass is 418 g/mol. The molecule has 29 heavy (non-hydrogen) atoms. The molecule has 2 aromatic rings. The van der Waals surface area contributed by atoms with Gasteiger partial charge in [0.05, 0.1) is 13.2 Å². The fourth-order valence-electron chi connectivity index (χ4n) is 3.89. The number of fused-ring (bicyclic) bond motifs is 1. The van der Waals surface area contributed by atoms with Crippen LogP contribution in [0, 0.1) is 0 Å². The van der Waals surface area contributed by atoms with Crippen molar-refractivity contribution < 1.29 is 14.3 Å². The third kappa shape index (κ3) is 4.57. The van der Waals surface area contributed by atoms with Crippen LogP contribution in [-0.2, 0) is 24.3 Å². The van der Waals surface area contributed by atoms with E-state index in [1.807, 2.05) is 33.8 Å². The van der Waals surface area contributed by atoms with Crippen LogP contribution in [0.1, 0.15) is 28.7 Å². The Bertz CT molecular complexity index is 844. The maximum Gasteiger partial charge on any atom is 0.274 e. The molecular formula is C21H27ClN4O3. The van der Waals surface area contributed by atoms with Crippen LogP contribution in [-0.4, -0.2) is 71.4 Å². The molecular weight excluding hydrogens is 392 g/mol. The molecule has 4 rings (SSSR count). The van der Waals surface area contributed by atoms with Crippen molar-refractivity contribution in [1.82, 2.24) is 19.6 Å². The molecule has 1 fully saturated rings. The lowest BCUT2D eigenvalue weighted by Gasteiger charge is -2.34. The number of hydrogen-bond acceptors (Lipinski definition) is 5. The average molecular weight is 419 g/mol. The van der Waals surface area contributed by atoms with Crippen molar-refractivity contribution in [2.24, 2.45) is 0 Å². The second kappa shape index (κ2) is 9.15. The molecule has 8 heteroatoms. The third-order valence-corrected chi connectivity index (χ3v) is 5.80. The zero-order valence-electron chi connectivity index (χ0n) is 16.8. The van der Waals surface area contributed by atoms with E-state index < -0.39 is 0 Å². The fraction of sp³-hybridized carbons (Fsp3) is 0.524. The highest BCUT2D eigenvalue weighted by Crippen LogP contribution is 2.23. The van der Waals surface area contributed by atoms with E-state index in [-0.39, 0.29) is 5.91 Å². The Kier molecular flexibility index (Phi) is 6.37. The number of nitrogens with zero attached hydrogens (tertiary/aromatic N) is 4. The largest absolute Gasteiger partial charge is 0.492 e. The van der Waals surface area contributed by atoms with Crippen LogP contribution in [0.25, 0.3) is 0 Å². The molecule has 0 bridgehead atoms. The summed E-state index contributed by atoms with van der Waals surface area (Å²) in [6, 6.07) is 7.40. The normalized spacial score (nSPS) is 17.2. The Labute approximate surface area is 176 Å². The van der Waals surface area contributed by atoms with Crippen LogP contribution in [0.15, 0.2) is 24.3 Å². The van der Waals surface area contributed by atoms with Crippen molar-refractivity contribution in [3.05, 3.63) is 46.2 Å². The number of carbonyl (C=O) groups is 1. The Balaban J connectivity index is 1.29. The van der Waals surface area contributed by atoms with Gasteiger partial charge in [0.2, 0.25) is 0 Å². The zero-order valence-corrected chi connectivity index (χ0v) is 17.5. The standard InChI is InChI=1S/C21H27ClN4O3/c1-2-26-19-7-13-28-15-18(19)20(23-26)21(27)25-10-8-24(9-11-25)12-14-29-17-5-3-16(22)4-6-17/h3-6H,2,7-15H2,1H3. The molecule has 156 valence electrons. The number of carbonyl (C=O) groups excluding carboxylic acids is 1. The van der Waals surface area contributed by atoms with Gasteiger partial charge in [0, 0.05) is 62.0 Å². The lowest BCUT2D eigenvalue weighted by molar-refractivity contribution is 0.0605. The predicted molar refractivity (Wildman–Crippen MR) is 111 cm³/mol. The highest BCUT2D eigenvalue weighted by atomic mass is 35.5. The molecule has 0 saturated carbocycles. The highest BCUT2D eigenvalue weighted by molar-refractivity contribution is 6.30. The summed E-state index contributed by atoms with van der Waals surface area (Å²) in [5.41, 5.74) is 2.70. The number of aromatic nitrogens is 2. The maximum absolute atomic E-state index is 13.1. The SMILES string of the molecule is CCn1nc(C(=O)N2CCN(CCOc3ccc(Cl)cc3)CC2)c2c1CCOC2. The fourth-order valence-corrected chi connectivity index (χ4v) is 4.02. The summed E-state index contributed by atoms with van der Waals surface area (Å²) in [5, 5.41) is 5.30. The first-order valence-corrected chi connectivity index (χ1v) is 10.6. The van der Waals surface area contributed by atoms with Gasteiger partial charge in [0.25, 0.3) is 5.91 Å². The second-order valence-corrected chi connectivity index (χ2v) is 7.76. The van der Waals surface area contributed by atoms with Gasteiger partial charge in [0.1, 0.15) is 12.4 Å². The summed E-state index contributed by atoms with van der Waals surface area (Å²) in [5.74, 6) is 0.845. The lowest BCUT2D eigenvalue weighted by atomic mass is 10.1. The Hall–Kier alpha value is -2.09. The minimum atomic E-state index is 0.0241. The summed E-state index contributed by atoms with van der Waals surface area (Å²) in [6.45, 7) is 8.54. The van der Waals surface area contributed by atoms with E-state index >= 15 is 0 Å². The summed E-state index contributed by atoms with van der Waals surface area (Å²) >= 11 is 5.89. The van der Waals surface area contributed by atoms with Crippen LogP contribution in [0.2, 0.25) is 5.02 Å². The van der Waals surface area contributed by atoms with E-state index in [9.17, 15) is 4.79 Å². The van der Waals surface area contributed by atoms with Gasteiger partial charge in [-0.2, -0.15) is 5.10 Å². The quantitative estimate of drug-likeness (QED) is 0.721. The van der Waals surface area contributed by atoms with E-state index in [1.165, 1.54) is 0 Å². The first-order chi connectivity index (χ1) is 14.2. The predicted octanol–water partition coefficient (Wildman–Crippen LogP) is 2.47. The second-order valence-electron chi connectivity index (χ2n) is 7.33. The minimum absolute atomic E-state index is 0.0241. The molecule has 0 unspecified atom stereocenters. The smallest absolute Gasteiger partial charge is 0.274 e. The van der Waals surface area contributed by atoms with E-state index in [2.05, 4.69) is 16.9 Å². The van der Waals surface area contributed by atoms with Gasteiger partial charge in [0.15, 0.2) is 5.69 Å². The van der Waals surface area contributed by atoms with Gasteiger partial charge in [-0.25, -0.2) is 0 Å². The van der Waals surface area contributed by atoms with Crippen LogP contribution in [0.3, 0.4) is 0 Å². The number of hydrogen-bond donors (Lipinski definition) is 0. The molecule has 7 nitrogen and oxygen atoms in total. The van der Waals surface area contributed by atoms with Gasteiger partial charge in [-0.1, -0.05) is 11.6 Å². The van der Waals surface area contributed by atoms with Crippen molar-refractivity contribution >= 4 is 17.5 Å². The van der Waals surface area contributed by atoms with Crippen molar-refractivity contribution in [2.75, 3.05) is 45.9 Å². The summed E-state index contributed by atoms with van der Waals surface area (Å²) in [4.78, 5) is 17.3. The maximum atomic E-state index is 13.1. The number of halogens is 1. The number of piperazine rings is 1. The molecule has 0 N–H and O–H groups in total. The minimum Gasteiger partial charge on any atom is -0.492 e. The summed E-state index contributed by atoms with van der Waals surface area (Å²) in [6.07, 6.45) is 0.824. The van der Waals surface area contributed by atoms with Gasteiger partial charge in [-0.15, -0.1) is 0 Å². The van der Waals surface area contributed by atoms with Crippen molar-refractivity contribution in [3.63, 3.8) is 0 Å². The lowest BCUT2D eigenvalue weighted by Crippen LogP contribution is -2.49. The van der Waals surface area contributed by atoms with Crippen molar-refractivity contribution in [3.8, 4) is 5.75 Å².